The minimum Gasteiger partial charge on any atom is -0.362 e. The molecular weight excluding hydrogens is 238 g/mol. The summed E-state index contributed by atoms with van der Waals surface area (Å²) in [6.07, 6.45) is 2.95. The molecule has 0 unspecified atom stereocenters. The lowest BCUT2D eigenvalue weighted by Crippen LogP contribution is -2.35. The lowest BCUT2D eigenvalue weighted by Gasteiger charge is -2.32. The maximum atomic E-state index is 4.20. The van der Waals surface area contributed by atoms with Crippen molar-refractivity contribution in [3.63, 3.8) is 0 Å². The summed E-state index contributed by atoms with van der Waals surface area (Å²) in [5, 5.41) is 11.6. The SMILES string of the molecule is c1cc2c(c(N3CCn4cnnc4C3)c1)CCNC2. The monoisotopic (exact) mass is 255 g/mol. The Morgan fingerprint density at radius 2 is 2.21 bits per heavy atom. The summed E-state index contributed by atoms with van der Waals surface area (Å²) in [6, 6.07) is 6.65. The quantitative estimate of drug-likeness (QED) is 0.824. The summed E-state index contributed by atoms with van der Waals surface area (Å²) in [5.41, 5.74) is 4.33. The largest absolute Gasteiger partial charge is 0.362 e. The fraction of sp³-hybridized carbons (Fsp3) is 0.429. The van der Waals surface area contributed by atoms with E-state index in [9.17, 15) is 0 Å². The van der Waals surface area contributed by atoms with Crippen molar-refractivity contribution in [3.05, 3.63) is 41.5 Å². The zero-order valence-corrected chi connectivity index (χ0v) is 10.8. The van der Waals surface area contributed by atoms with E-state index in [-0.39, 0.29) is 0 Å². The van der Waals surface area contributed by atoms with Crippen LogP contribution in [0.2, 0.25) is 0 Å². The molecule has 0 saturated carbocycles. The molecule has 1 aromatic carbocycles. The van der Waals surface area contributed by atoms with E-state index in [1.165, 1.54) is 16.8 Å². The van der Waals surface area contributed by atoms with Gasteiger partial charge >= 0.3 is 0 Å². The Morgan fingerprint density at radius 1 is 1.21 bits per heavy atom. The van der Waals surface area contributed by atoms with Gasteiger partial charge in [-0.3, -0.25) is 0 Å². The van der Waals surface area contributed by atoms with Crippen molar-refractivity contribution in [2.45, 2.75) is 26.1 Å². The maximum Gasteiger partial charge on any atom is 0.152 e. The summed E-state index contributed by atoms with van der Waals surface area (Å²) in [6.45, 7) is 4.95. The molecule has 0 radical (unpaired) electrons. The van der Waals surface area contributed by atoms with Gasteiger partial charge in [0.2, 0.25) is 0 Å². The molecule has 0 fully saturated rings. The number of anilines is 1. The molecular formula is C14H17N5. The first kappa shape index (κ1) is 11.0. The van der Waals surface area contributed by atoms with Gasteiger partial charge < -0.3 is 14.8 Å². The summed E-state index contributed by atoms with van der Waals surface area (Å²) < 4.78 is 2.15. The van der Waals surface area contributed by atoms with Gasteiger partial charge in [0.1, 0.15) is 6.33 Å². The van der Waals surface area contributed by atoms with Gasteiger partial charge in [0.05, 0.1) is 6.54 Å². The molecule has 98 valence electrons. The lowest BCUT2D eigenvalue weighted by atomic mass is 9.98. The van der Waals surface area contributed by atoms with Crippen LogP contribution in [0.1, 0.15) is 17.0 Å². The Labute approximate surface area is 112 Å². The first-order chi connectivity index (χ1) is 9.42. The van der Waals surface area contributed by atoms with Crippen molar-refractivity contribution < 1.29 is 0 Å². The first-order valence-corrected chi connectivity index (χ1v) is 6.85. The molecule has 19 heavy (non-hydrogen) atoms. The molecule has 4 rings (SSSR count). The number of hydrogen-bond donors (Lipinski definition) is 1. The Hall–Kier alpha value is -1.88. The smallest absolute Gasteiger partial charge is 0.152 e. The second-order valence-corrected chi connectivity index (χ2v) is 5.20. The molecule has 0 saturated heterocycles. The minimum absolute atomic E-state index is 0.865. The van der Waals surface area contributed by atoms with Gasteiger partial charge in [-0.25, -0.2) is 0 Å². The normalized spacial score (nSPS) is 18.0. The van der Waals surface area contributed by atoms with Crippen LogP contribution < -0.4 is 10.2 Å². The predicted octanol–water partition coefficient (Wildman–Crippen LogP) is 0.944. The summed E-state index contributed by atoms with van der Waals surface area (Å²) in [5.74, 6) is 1.07. The van der Waals surface area contributed by atoms with E-state index in [1.807, 2.05) is 6.33 Å². The van der Waals surface area contributed by atoms with Crippen LogP contribution in [0.15, 0.2) is 24.5 Å². The van der Waals surface area contributed by atoms with Gasteiger partial charge in [0.15, 0.2) is 5.82 Å². The van der Waals surface area contributed by atoms with Crippen LogP contribution >= 0.6 is 0 Å². The zero-order chi connectivity index (χ0) is 12.7. The van der Waals surface area contributed by atoms with E-state index in [2.05, 4.69) is 43.2 Å². The number of benzene rings is 1. The highest BCUT2D eigenvalue weighted by atomic mass is 15.3. The Kier molecular flexibility index (Phi) is 2.51. The van der Waals surface area contributed by atoms with E-state index >= 15 is 0 Å². The maximum absolute atomic E-state index is 4.20. The molecule has 0 spiro atoms. The molecule has 0 aliphatic carbocycles. The highest BCUT2D eigenvalue weighted by molar-refractivity contribution is 5.58. The van der Waals surface area contributed by atoms with Crippen molar-refractivity contribution in [3.8, 4) is 0 Å². The van der Waals surface area contributed by atoms with Crippen LogP contribution in [-0.2, 0) is 26.1 Å². The van der Waals surface area contributed by atoms with Gasteiger partial charge in [0.25, 0.3) is 0 Å². The third-order valence-corrected chi connectivity index (χ3v) is 4.10. The summed E-state index contributed by atoms with van der Waals surface area (Å²) in [4.78, 5) is 2.44. The van der Waals surface area contributed by atoms with Crippen LogP contribution in [0.5, 0.6) is 0 Å². The first-order valence-electron chi connectivity index (χ1n) is 6.85. The van der Waals surface area contributed by atoms with Crippen LogP contribution in [0.4, 0.5) is 5.69 Å². The number of nitrogens with zero attached hydrogens (tertiary/aromatic N) is 4. The van der Waals surface area contributed by atoms with E-state index in [1.54, 1.807) is 0 Å². The fourth-order valence-corrected chi connectivity index (χ4v) is 3.08. The van der Waals surface area contributed by atoms with Crippen LogP contribution in [0, 0.1) is 0 Å². The van der Waals surface area contributed by atoms with Crippen LogP contribution in [0.25, 0.3) is 0 Å². The molecule has 3 heterocycles. The molecule has 0 atom stereocenters. The number of fused-ring (bicyclic) bond motifs is 2. The van der Waals surface area contributed by atoms with Crippen molar-refractivity contribution >= 4 is 5.69 Å². The topological polar surface area (TPSA) is 46.0 Å². The Balaban J connectivity index is 1.70. The number of aromatic nitrogens is 3. The third-order valence-electron chi connectivity index (χ3n) is 4.10. The second kappa shape index (κ2) is 4.35. The molecule has 1 aromatic heterocycles. The molecule has 5 heteroatoms. The average molecular weight is 255 g/mol. The molecule has 5 nitrogen and oxygen atoms in total. The molecule has 0 bridgehead atoms. The number of nitrogens with one attached hydrogen (secondary N) is 1. The van der Waals surface area contributed by atoms with Gasteiger partial charge in [0, 0.05) is 25.3 Å². The predicted molar refractivity (Wildman–Crippen MR) is 72.9 cm³/mol. The van der Waals surface area contributed by atoms with Gasteiger partial charge in [-0.1, -0.05) is 12.1 Å². The van der Waals surface area contributed by atoms with E-state index < -0.39 is 0 Å². The summed E-state index contributed by atoms with van der Waals surface area (Å²) >= 11 is 0. The number of rotatable bonds is 1. The van der Waals surface area contributed by atoms with E-state index in [4.69, 9.17) is 0 Å². The average Bonchev–Trinajstić information content (AvgIpc) is 2.94. The zero-order valence-electron chi connectivity index (χ0n) is 10.8. The second-order valence-electron chi connectivity index (χ2n) is 5.20. The molecule has 2 aromatic rings. The standard InChI is InChI=1S/C14H17N5/c1-2-11-8-15-5-4-12(11)13(3-1)18-6-7-19-10-16-17-14(19)9-18/h1-3,10,15H,4-9H2. The van der Waals surface area contributed by atoms with Gasteiger partial charge in [-0.05, 0) is 30.2 Å². The van der Waals surface area contributed by atoms with Crippen LogP contribution in [-0.4, -0.2) is 27.9 Å². The Morgan fingerprint density at radius 3 is 3.21 bits per heavy atom. The van der Waals surface area contributed by atoms with Crippen LogP contribution in [0.3, 0.4) is 0 Å². The highest BCUT2D eigenvalue weighted by Gasteiger charge is 2.21. The van der Waals surface area contributed by atoms with Gasteiger partial charge in [-0.15, -0.1) is 10.2 Å². The molecule has 2 aliphatic heterocycles. The Bertz CT molecular complexity index is 604. The molecule has 2 aliphatic rings. The van der Waals surface area contributed by atoms with Crippen molar-refractivity contribution in [2.24, 2.45) is 0 Å². The minimum atomic E-state index is 0.865. The number of hydrogen-bond acceptors (Lipinski definition) is 4. The van der Waals surface area contributed by atoms with E-state index in [0.29, 0.717) is 0 Å². The highest BCUT2D eigenvalue weighted by Crippen LogP contribution is 2.28. The lowest BCUT2D eigenvalue weighted by molar-refractivity contribution is 0.555. The molecule has 0 amide bonds. The van der Waals surface area contributed by atoms with Crippen molar-refractivity contribution in [1.82, 2.24) is 20.1 Å². The van der Waals surface area contributed by atoms with Gasteiger partial charge in [-0.2, -0.15) is 0 Å². The fourth-order valence-electron chi connectivity index (χ4n) is 3.08. The van der Waals surface area contributed by atoms with Crippen molar-refractivity contribution in [2.75, 3.05) is 18.0 Å². The van der Waals surface area contributed by atoms with Crippen molar-refractivity contribution in [1.29, 1.82) is 0 Å². The van der Waals surface area contributed by atoms with E-state index in [0.717, 1.165) is 45.0 Å². The third kappa shape index (κ3) is 1.81. The summed E-state index contributed by atoms with van der Waals surface area (Å²) in [7, 11) is 0. The molecule has 1 N–H and O–H groups in total.